The molecule has 154 valence electrons. The lowest BCUT2D eigenvalue weighted by atomic mass is 9.94. The molecule has 1 fully saturated rings. The van der Waals surface area contributed by atoms with E-state index in [1.807, 2.05) is 0 Å². The highest BCUT2D eigenvalue weighted by Crippen LogP contribution is 2.23. The number of amides is 1. The molecule has 0 aromatic heterocycles. The molecule has 0 aliphatic heterocycles. The second-order valence-electron chi connectivity index (χ2n) is 6.12. The highest BCUT2D eigenvalue weighted by atomic mass is 16.6. The molecule has 0 heterocycles. The molecule has 0 atom stereocenters. The zero-order chi connectivity index (χ0) is 21.1. The summed E-state index contributed by atoms with van der Waals surface area (Å²) in [5.74, 6) is -2.15. The minimum Gasteiger partial charge on any atom is -0.480 e. The Hall–Kier alpha value is -3.37. The monoisotopic (exact) mass is 397 g/mol. The number of benzene rings is 1. The van der Waals surface area contributed by atoms with Crippen molar-refractivity contribution in [1.82, 2.24) is 4.90 Å². The lowest BCUT2D eigenvalue weighted by Crippen LogP contribution is -2.43. The van der Waals surface area contributed by atoms with Crippen LogP contribution in [0.15, 0.2) is 24.3 Å². The standard InChI is InChI=1S/C9H15NO4.C8H8N2O4/c11-8(12)6-10(9(13)14)7-4-2-1-3-5-7;11-8(12)5-9-6-3-1-2-4-7(6)10(13)14/h7H,1-6H2,(H,11,12)(H,13,14);1-4,9H,5H2,(H,11,12). The van der Waals surface area contributed by atoms with Gasteiger partial charge in [-0.2, -0.15) is 0 Å². The number of rotatable bonds is 7. The third-order valence-corrected chi connectivity index (χ3v) is 4.10. The van der Waals surface area contributed by atoms with Gasteiger partial charge in [0.1, 0.15) is 18.8 Å². The molecule has 0 radical (unpaired) electrons. The zero-order valence-electron chi connectivity index (χ0n) is 15.1. The van der Waals surface area contributed by atoms with E-state index in [0.717, 1.165) is 37.0 Å². The number of carboxylic acids is 2. The molecular formula is C17H23N3O8. The van der Waals surface area contributed by atoms with E-state index in [1.165, 1.54) is 18.2 Å². The maximum atomic E-state index is 10.8. The first kappa shape index (κ1) is 22.7. The minimum absolute atomic E-state index is 0.0997. The van der Waals surface area contributed by atoms with Crippen molar-refractivity contribution in [2.45, 2.75) is 38.1 Å². The molecule has 11 heteroatoms. The van der Waals surface area contributed by atoms with Crippen molar-refractivity contribution in [1.29, 1.82) is 0 Å². The quantitative estimate of drug-likeness (QED) is 0.398. The normalized spacial score (nSPS) is 13.6. The molecule has 4 N–H and O–H groups in total. The summed E-state index contributed by atoms with van der Waals surface area (Å²) >= 11 is 0. The second-order valence-corrected chi connectivity index (χ2v) is 6.12. The summed E-state index contributed by atoms with van der Waals surface area (Å²) in [7, 11) is 0. The van der Waals surface area contributed by atoms with Gasteiger partial charge >= 0.3 is 18.0 Å². The molecule has 1 aromatic rings. The van der Waals surface area contributed by atoms with Crippen molar-refractivity contribution in [3.8, 4) is 0 Å². The van der Waals surface area contributed by atoms with Crippen molar-refractivity contribution in [3.63, 3.8) is 0 Å². The fourth-order valence-corrected chi connectivity index (χ4v) is 2.84. The summed E-state index contributed by atoms with van der Waals surface area (Å²) in [6.07, 6.45) is 3.57. The molecule has 28 heavy (non-hydrogen) atoms. The van der Waals surface area contributed by atoms with E-state index >= 15 is 0 Å². The third kappa shape index (κ3) is 7.89. The molecule has 1 aliphatic carbocycles. The molecule has 0 unspecified atom stereocenters. The topological polar surface area (TPSA) is 170 Å². The van der Waals surface area contributed by atoms with Gasteiger partial charge in [-0.25, -0.2) is 4.79 Å². The van der Waals surface area contributed by atoms with Gasteiger partial charge in [-0.3, -0.25) is 24.6 Å². The fraction of sp³-hybridized carbons (Fsp3) is 0.471. The molecule has 0 saturated heterocycles. The van der Waals surface area contributed by atoms with Crippen LogP contribution in [0.1, 0.15) is 32.1 Å². The van der Waals surface area contributed by atoms with Gasteiger partial charge in [0.2, 0.25) is 0 Å². The van der Waals surface area contributed by atoms with Gasteiger partial charge in [0.05, 0.1) is 4.92 Å². The van der Waals surface area contributed by atoms with E-state index < -0.39 is 29.5 Å². The average Bonchev–Trinajstić information content (AvgIpc) is 2.65. The predicted molar refractivity (Wildman–Crippen MR) is 98.5 cm³/mol. The van der Waals surface area contributed by atoms with Crippen LogP contribution >= 0.6 is 0 Å². The molecule has 0 bridgehead atoms. The Morgan fingerprint density at radius 3 is 2.18 bits per heavy atom. The Labute approximate surface area is 160 Å². The number of nitro benzene ring substituents is 1. The summed E-state index contributed by atoms with van der Waals surface area (Å²) in [4.78, 5) is 42.4. The summed E-state index contributed by atoms with van der Waals surface area (Å²) in [5.41, 5.74) is 0.0775. The van der Waals surface area contributed by atoms with Gasteiger partial charge in [0.25, 0.3) is 5.69 Å². The number of carboxylic acid groups (broad SMARTS) is 3. The Morgan fingerprint density at radius 1 is 1.07 bits per heavy atom. The number of para-hydroxylation sites is 2. The van der Waals surface area contributed by atoms with Crippen LogP contribution in [0.4, 0.5) is 16.2 Å². The number of nitrogens with zero attached hydrogens (tertiary/aromatic N) is 2. The molecule has 2 rings (SSSR count). The second kappa shape index (κ2) is 11.4. The molecule has 1 amide bonds. The number of hydrogen-bond acceptors (Lipinski definition) is 6. The van der Waals surface area contributed by atoms with E-state index in [0.29, 0.717) is 0 Å². The SMILES string of the molecule is O=C(O)CN(C(=O)O)C1CCCCC1.O=C(O)CNc1ccccc1[N+](=O)[O-]. The lowest BCUT2D eigenvalue weighted by Gasteiger charge is -2.30. The predicted octanol–water partition coefficient (Wildman–Crippen LogP) is 2.48. The molecule has 1 saturated carbocycles. The van der Waals surface area contributed by atoms with Crippen molar-refractivity contribution in [2.75, 3.05) is 18.4 Å². The largest absolute Gasteiger partial charge is 0.480 e. The highest BCUT2D eigenvalue weighted by Gasteiger charge is 2.26. The van der Waals surface area contributed by atoms with Crippen LogP contribution in [-0.4, -0.2) is 62.3 Å². The highest BCUT2D eigenvalue weighted by molar-refractivity contribution is 5.76. The molecular weight excluding hydrogens is 374 g/mol. The van der Waals surface area contributed by atoms with Crippen molar-refractivity contribution < 1.29 is 34.6 Å². The maximum Gasteiger partial charge on any atom is 0.408 e. The van der Waals surface area contributed by atoms with Gasteiger partial charge in [0, 0.05) is 12.1 Å². The van der Waals surface area contributed by atoms with Crippen LogP contribution in [-0.2, 0) is 9.59 Å². The number of aliphatic carboxylic acids is 2. The zero-order valence-corrected chi connectivity index (χ0v) is 15.1. The molecule has 11 nitrogen and oxygen atoms in total. The van der Waals surface area contributed by atoms with Gasteiger partial charge in [0.15, 0.2) is 0 Å². The van der Waals surface area contributed by atoms with Gasteiger partial charge in [-0.15, -0.1) is 0 Å². The Bertz CT molecular complexity index is 703. The van der Waals surface area contributed by atoms with Crippen molar-refractivity contribution in [3.05, 3.63) is 34.4 Å². The average molecular weight is 397 g/mol. The summed E-state index contributed by atoms with van der Waals surface area (Å²) in [5, 5.41) is 38.7. The van der Waals surface area contributed by atoms with Crippen LogP contribution < -0.4 is 5.32 Å². The number of carbonyl (C=O) groups is 3. The van der Waals surface area contributed by atoms with E-state index in [2.05, 4.69) is 5.32 Å². The van der Waals surface area contributed by atoms with E-state index in [-0.39, 0.29) is 24.0 Å². The van der Waals surface area contributed by atoms with E-state index in [1.54, 1.807) is 6.07 Å². The molecule has 0 spiro atoms. The number of hydrogen-bond donors (Lipinski definition) is 4. The summed E-state index contributed by atoms with van der Waals surface area (Å²) in [6.45, 7) is -0.745. The summed E-state index contributed by atoms with van der Waals surface area (Å²) in [6, 6.07) is 5.78. The number of nitrogens with one attached hydrogen (secondary N) is 1. The van der Waals surface area contributed by atoms with Crippen LogP contribution in [0, 0.1) is 10.1 Å². The smallest absolute Gasteiger partial charge is 0.408 e. The summed E-state index contributed by atoms with van der Waals surface area (Å²) < 4.78 is 0. The first-order chi connectivity index (χ1) is 13.2. The van der Waals surface area contributed by atoms with Gasteiger partial charge in [-0.1, -0.05) is 31.4 Å². The van der Waals surface area contributed by atoms with Crippen molar-refractivity contribution in [2.24, 2.45) is 0 Å². The van der Waals surface area contributed by atoms with E-state index in [4.69, 9.17) is 15.3 Å². The molecule has 1 aliphatic rings. The third-order valence-electron chi connectivity index (χ3n) is 4.10. The minimum atomic E-state index is -1.13. The maximum absolute atomic E-state index is 10.8. The van der Waals surface area contributed by atoms with Crippen LogP contribution in [0.5, 0.6) is 0 Å². The van der Waals surface area contributed by atoms with Crippen molar-refractivity contribution >= 4 is 29.4 Å². The molecule has 1 aromatic carbocycles. The number of nitro groups is 1. The lowest BCUT2D eigenvalue weighted by molar-refractivity contribution is -0.383. The first-order valence-electron chi connectivity index (χ1n) is 8.62. The van der Waals surface area contributed by atoms with Crippen LogP contribution in [0.25, 0.3) is 0 Å². The number of anilines is 1. The first-order valence-corrected chi connectivity index (χ1v) is 8.62. The van der Waals surface area contributed by atoms with E-state index in [9.17, 15) is 24.5 Å². The fourth-order valence-electron chi connectivity index (χ4n) is 2.84. The Balaban J connectivity index is 0.000000280. The Kier molecular flexibility index (Phi) is 9.20. The van der Waals surface area contributed by atoms with Gasteiger partial charge in [-0.05, 0) is 18.9 Å². The Morgan fingerprint density at radius 2 is 1.68 bits per heavy atom. The van der Waals surface area contributed by atoms with Crippen LogP contribution in [0.2, 0.25) is 0 Å². The van der Waals surface area contributed by atoms with Gasteiger partial charge < -0.3 is 20.6 Å². The van der Waals surface area contributed by atoms with Crippen LogP contribution in [0.3, 0.4) is 0 Å².